The molecule has 0 heterocycles. The topological polar surface area (TPSA) is 69.6 Å². The molecule has 0 aromatic carbocycles. The molecule has 0 aliphatic heterocycles. The molecule has 1 aliphatic rings. The number of hydrogen-bond donors (Lipinski definition) is 2. The van der Waals surface area contributed by atoms with Crippen LogP contribution in [-0.2, 0) is 4.79 Å². The minimum absolute atomic E-state index is 0.0450. The van der Waals surface area contributed by atoms with Gasteiger partial charge in [-0.25, -0.2) is 4.79 Å². The molecule has 0 saturated heterocycles. The van der Waals surface area contributed by atoms with Gasteiger partial charge in [-0.05, 0) is 37.7 Å². The van der Waals surface area contributed by atoms with Gasteiger partial charge in [-0.2, -0.15) is 11.8 Å². The zero-order valence-electron chi connectivity index (χ0n) is 13.2. The number of nitrogens with zero attached hydrogens (tertiary/aromatic N) is 1. The van der Waals surface area contributed by atoms with E-state index in [9.17, 15) is 14.7 Å². The van der Waals surface area contributed by atoms with Gasteiger partial charge in [-0.1, -0.05) is 19.3 Å². The van der Waals surface area contributed by atoms with E-state index < -0.39 is 11.5 Å². The van der Waals surface area contributed by atoms with Crippen molar-refractivity contribution in [2.24, 2.45) is 0 Å². The zero-order valence-corrected chi connectivity index (χ0v) is 14.0. The van der Waals surface area contributed by atoms with Gasteiger partial charge in [-0.15, -0.1) is 0 Å². The lowest BCUT2D eigenvalue weighted by Gasteiger charge is -2.43. The van der Waals surface area contributed by atoms with Gasteiger partial charge in [0, 0.05) is 13.6 Å². The van der Waals surface area contributed by atoms with Gasteiger partial charge in [0.2, 0.25) is 0 Å². The normalized spacial score (nSPS) is 17.2. The molecule has 1 fully saturated rings. The summed E-state index contributed by atoms with van der Waals surface area (Å²) in [6.07, 6.45) is 8.88. The number of urea groups is 1. The first-order valence-electron chi connectivity index (χ1n) is 7.74. The Balaban J connectivity index is 2.52. The molecule has 6 heteroatoms. The lowest BCUT2D eigenvalue weighted by atomic mass is 9.78. The van der Waals surface area contributed by atoms with Crippen molar-refractivity contribution in [2.75, 3.05) is 25.6 Å². The molecule has 5 nitrogen and oxygen atoms in total. The number of carbonyl (C=O) groups excluding carboxylic acids is 1. The molecule has 1 aliphatic carbocycles. The van der Waals surface area contributed by atoms with Gasteiger partial charge >= 0.3 is 12.0 Å². The number of hydrogen-bond acceptors (Lipinski definition) is 3. The van der Waals surface area contributed by atoms with E-state index in [-0.39, 0.29) is 12.5 Å². The van der Waals surface area contributed by atoms with Crippen LogP contribution in [0.15, 0.2) is 0 Å². The Bertz CT molecular complexity index is 344. The second-order valence-corrected chi connectivity index (χ2v) is 6.83. The fourth-order valence-electron chi connectivity index (χ4n) is 3.02. The van der Waals surface area contributed by atoms with E-state index in [1.165, 1.54) is 0 Å². The Morgan fingerprint density at radius 3 is 2.48 bits per heavy atom. The molecule has 0 aromatic heterocycles. The van der Waals surface area contributed by atoms with Crippen molar-refractivity contribution >= 4 is 23.8 Å². The highest BCUT2D eigenvalue weighted by atomic mass is 32.2. The van der Waals surface area contributed by atoms with Crippen molar-refractivity contribution in [2.45, 2.75) is 56.9 Å². The van der Waals surface area contributed by atoms with Crippen LogP contribution in [0, 0.1) is 0 Å². The van der Waals surface area contributed by atoms with Crippen molar-refractivity contribution in [3.63, 3.8) is 0 Å². The summed E-state index contributed by atoms with van der Waals surface area (Å²) < 4.78 is 0. The van der Waals surface area contributed by atoms with Gasteiger partial charge in [-0.3, -0.25) is 4.79 Å². The van der Waals surface area contributed by atoms with Crippen LogP contribution in [-0.4, -0.2) is 53.1 Å². The maximum atomic E-state index is 12.3. The Morgan fingerprint density at radius 2 is 1.90 bits per heavy atom. The van der Waals surface area contributed by atoms with Crippen LogP contribution >= 0.6 is 11.8 Å². The Morgan fingerprint density at radius 1 is 1.24 bits per heavy atom. The van der Waals surface area contributed by atoms with E-state index in [1.54, 1.807) is 11.9 Å². The maximum absolute atomic E-state index is 12.3. The van der Waals surface area contributed by atoms with Gasteiger partial charge in [0.05, 0.1) is 12.0 Å². The fourth-order valence-corrected chi connectivity index (χ4v) is 3.52. The zero-order chi connectivity index (χ0) is 15.7. The second kappa shape index (κ2) is 9.18. The van der Waals surface area contributed by atoms with Gasteiger partial charge in [0.25, 0.3) is 0 Å². The second-order valence-electron chi connectivity index (χ2n) is 5.85. The number of rotatable bonds is 8. The van der Waals surface area contributed by atoms with E-state index >= 15 is 0 Å². The molecule has 2 N–H and O–H groups in total. The van der Waals surface area contributed by atoms with Crippen LogP contribution in [0.2, 0.25) is 0 Å². The molecule has 0 aromatic rings. The molecule has 0 spiro atoms. The summed E-state index contributed by atoms with van der Waals surface area (Å²) in [7, 11) is 1.74. The number of carboxylic acids is 1. The van der Waals surface area contributed by atoms with E-state index in [2.05, 4.69) is 11.6 Å². The van der Waals surface area contributed by atoms with E-state index in [0.717, 1.165) is 50.7 Å². The fraction of sp³-hybridized carbons (Fsp3) is 0.867. The molecule has 0 unspecified atom stereocenters. The molecule has 2 amide bonds. The lowest BCUT2D eigenvalue weighted by molar-refractivity contribution is -0.140. The lowest BCUT2D eigenvalue weighted by Crippen LogP contribution is -2.55. The molecular formula is C15H28N2O3S. The van der Waals surface area contributed by atoms with Crippen molar-refractivity contribution in [3.05, 3.63) is 0 Å². The SMILES string of the molecule is CSCCCCNC(=O)N(C)C1(CC(=O)O)CCCCC1. The van der Waals surface area contributed by atoms with Crippen molar-refractivity contribution in [1.29, 1.82) is 0 Å². The Kier molecular flexibility index (Phi) is 7.93. The van der Waals surface area contributed by atoms with Crippen LogP contribution in [0.3, 0.4) is 0 Å². The highest BCUT2D eigenvalue weighted by molar-refractivity contribution is 7.98. The monoisotopic (exact) mass is 316 g/mol. The number of thioether (sulfide) groups is 1. The Hall–Kier alpha value is -0.910. The van der Waals surface area contributed by atoms with Gasteiger partial charge in [0.1, 0.15) is 0 Å². The molecule has 0 bridgehead atoms. The van der Waals surface area contributed by atoms with Crippen LogP contribution in [0.4, 0.5) is 4.79 Å². The third-order valence-corrected chi connectivity index (χ3v) is 5.03. The summed E-state index contributed by atoms with van der Waals surface area (Å²) in [5.74, 6) is 0.283. The third-order valence-electron chi connectivity index (χ3n) is 4.33. The standard InChI is InChI=1S/C15H28N2O3S/c1-17(14(20)16-10-6-7-11-21-2)15(12-13(18)19)8-4-3-5-9-15/h3-12H2,1-2H3,(H,16,20)(H,18,19). The summed E-state index contributed by atoms with van der Waals surface area (Å²) in [5, 5.41) is 12.1. The van der Waals surface area contributed by atoms with E-state index in [1.807, 2.05) is 11.8 Å². The number of unbranched alkanes of at least 4 members (excludes halogenated alkanes) is 1. The summed E-state index contributed by atoms with van der Waals surface area (Å²) in [4.78, 5) is 25.1. The van der Waals surface area contributed by atoms with E-state index in [4.69, 9.17) is 0 Å². The number of aliphatic carboxylic acids is 1. The van der Waals surface area contributed by atoms with Crippen LogP contribution in [0.25, 0.3) is 0 Å². The molecule has 21 heavy (non-hydrogen) atoms. The predicted molar refractivity (Wildman–Crippen MR) is 86.8 cm³/mol. The summed E-state index contributed by atoms with van der Waals surface area (Å²) in [5.41, 5.74) is -0.507. The van der Waals surface area contributed by atoms with Crippen molar-refractivity contribution in [3.8, 4) is 0 Å². The highest BCUT2D eigenvalue weighted by Gasteiger charge is 2.40. The molecule has 1 saturated carbocycles. The van der Waals surface area contributed by atoms with Crippen LogP contribution < -0.4 is 5.32 Å². The largest absolute Gasteiger partial charge is 0.481 e. The number of amides is 2. The molecule has 122 valence electrons. The predicted octanol–water partition coefficient (Wildman–Crippen LogP) is 2.95. The first-order chi connectivity index (χ1) is 10.0. The first kappa shape index (κ1) is 18.1. The van der Waals surface area contributed by atoms with Crippen molar-refractivity contribution in [1.82, 2.24) is 10.2 Å². The summed E-state index contributed by atoms with van der Waals surface area (Å²) >= 11 is 1.81. The van der Waals surface area contributed by atoms with Crippen LogP contribution in [0.5, 0.6) is 0 Å². The minimum Gasteiger partial charge on any atom is -0.481 e. The Labute approximate surface area is 131 Å². The minimum atomic E-state index is -0.823. The summed E-state index contributed by atoms with van der Waals surface area (Å²) in [6, 6.07) is -0.137. The van der Waals surface area contributed by atoms with Crippen molar-refractivity contribution < 1.29 is 14.7 Å². The number of nitrogens with one attached hydrogen (secondary N) is 1. The quantitative estimate of drug-likeness (QED) is 0.676. The maximum Gasteiger partial charge on any atom is 0.317 e. The average molecular weight is 316 g/mol. The average Bonchev–Trinajstić information content (AvgIpc) is 2.46. The van der Waals surface area contributed by atoms with E-state index in [0.29, 0.717) is 6.54 Å². The highest BCUT2D eigenvalue weighted by Crippen LogP contribution is 2.35. The molecule has 1 rings (SSSR count). The van der Waals surface area contributed by atoms with Crippen LogP contribution in [0.1, 0.15) is 51.4 Å². The van der Waals surface area contributed by atoms with Gasteiger partial charge < -0.3 is 15.3 Å². The summed E-state index contributed by atoms with van der Waals surface area (Å²) in [6.45, 7) is 0.660. The molecular weight excluding hydrogens is 288 g/mol. The number of carboxylic acid groups (broad SMARTS) is 1. The van der Waals surface area contributed by atoms with Gasteiger partial charge in [0.15, 0.2) is 0 Å². The number of carbonyl (C=O) groups is 2. The first-order valence-corrected chi connectivity index (χ1v) is 9.13. The molecule has 0 radical (unpaired) electrons. The smallest absolute Gasteiger partial charge is 0.317 e. The molecule has 0 atom stereocenters. The third kappa shape index (κ3) is 5.77.